The standard InChI is InChI=1S/C16H20N2O3/c1-11(17)14-6-7-15(21-14)16(19)18-9-8-12-4-3-5-13(10-12)20-2/h3-7,10-11H,8-9,17H2,1-2H3,(H,18,19). The van der Waals surface area contributed by atoms with Crippen LogP contribution in [-0.2, 0) is 6.42 Å². The molecule has 1 amide bonds. The van der Waals surface area contributed by atoms with Crippen LogP contribution in [0.4, 0.5) is 0 Å². The summed E-state index contributed by atoms with van der Waals surface area (Å²) in [6.07, 6.45) is 0.726. The molecule has 112 valence electrons. The van der Waals surface area contributed by atoms with E-state index in [1.165, 1.54) is 0 Å². The first-order valence-corrected chi connectivity index (χ1v) is 6.86. The highest BCUT2D eigenvalue weighted by molar-refractivity contribution is 5.91. The highest BCUT2D eigenvalue weighted by Crippen LogP contribution is 2.14. The Labute approximate surface area is 124 Å². The minimum Gasteiger partial charge on any atom is -0.497 e. The molecule has 5 heteroatoms. The Morgan fingerprint density at radius 1 is 1.38 bits per heavy atom. The van der Waals surface area contributed by atoms with Crippen LogP contribution in [0.25, 0.3) is 0 Å². The lowest BCUT2D eigenvalue weighted by Crippen LogP contribution is -2.25. The highest BCUT2D eigenvalue weighted by Gasteiger charge is 2.12. The molecule has 0 saturated heterocycles. The quantitative estimate of drug-likeness (QED) is 0.855. The van der Waals surface area contributed by atoms with Gasteiger partial charge in [-0.05, 0) is 43.2 Å². The van der Waals surface area contributed by atoms with Crippen molar-refractivity contribution < 1.29 is 13.9 Å². The van der Waals surface area contributed by atoms with Crippen LogP contribution in [-0.4, -0.2) is 19.6 Å². The SMILES string of the molecule is COc1cccc(CCNC(=O)c2ccc(C(C)N)o2)c1. The molecule has 0 aliphatic heterocycles. The Bertz CT molecular complexity index is 605. The molecule has 0 radical (unpaired) electrons. The van der Waals surface area contributed by atoms with E-state index in [9.17, 15) is 4.79 Å². The number of carbonyl (C=O) groups excluding carboxylic acids is 1. The van der Waals surface area contributed by atoms with Gasteiger partial charge < -0.3 is 20.2 Å². The van der Waals surface area contributed by atoms with Crippen molar-refractivity contribution in [3.05, 3.63) is 53.5 Å². The summed E-state index contributed by atoms with van der Waals surface area (Å²) in [5, 5.41) is 2.82. The number of nitrogens with one attached hydrogen (secondary N) is 1. The van der Waals surface area contributed by atoms with Gasteiger partial charge in [-0.1, -0.05) is 12.1 Å². The summed E-state index contributed by atoms with van der Waals surface area (Å²) >= 11 is 0. The van der Waals surface area contributed by atoms with Gasteiger partial charge in [-0.2, -0.15) is 0 Å². The van der Waals surface area contributed by atoms with Crippen molar-refractivity contribution in [1.82, 2.24) is 5.32 Å². The number of amides is 1. The zero-order chi connectivity index (χ0) is 15.2. The van der Waals surface area contributed by atoms with Crippen LogP contribution in [0.15, 0.2) is 40.8 Å². The first-order chi connectivity index (χ1) is 10.1. The van der Waals surface area contributed by atoms with Gasteiger partial charge in [0.15, 0.2) is 5.76 Å². The van der Waals surface area contributed by atoms with Crippen LogP contribution in [0.2, 0.25) is 0 Å². The van der Waals surface area contributed by atoms with Crippen LogP contribution in [0.1, 0.15) is 34.8 Å². The van der Waals surface area contributed by atoms with E-state index in [1.54, 1.807) is 19.2 Å². The first kappa shape index (κ1) is 15.1. The number of hydrogen-bond acceptors (Lipinski definition) is 4. The lowest BCUT2D eigenvalue weighted by Gasteiger charge is -2.06. The number of hydrogen-bond donors (Lipinski definition) is 2. The predicted molar refractivity (Wildman–Crippen MR) is 80.3 cm³/mol. The van der Waals surface area contributed by atoms with Gasteiger partial charge in [-0.3, -0.25) is 4.79 Å². The average molecular weight is 288 g/mol. The van der Waals surface area contributed by atoms with Gasteiger partial charge in [0.05, 0.1) is 13.2 Å². The number of rotatable bonds is 6. The van der Waals surface area contributed by atoms with Crippen molar-refractivity contribution in [2.75, 3.05) is 13.7 Å². The second-order valence-corrected chi connectivity index (χ2v) is 4.85. The lowest BCUT2D eigenvalue weighted by molar-refractivity contribution is 0.0924. The number of ether oxygens (including phenoxy) is 1. The molecule has 0 spiro atoms. The molecule has 2 rings (SSSR count). The highest BCUT2D eigenvalue weighted by atomic mass is 16.5. The van der Waals surface area contributed by atoms with Crippen molar-refractivity contribution in [2.24, 2.45) is 5.73 Å². The topological polar surface area (TPSA) is 77.5 Å². The number of nitrogens with two attached hydrogens (primary N) is 1. The van der Waals surface area contributed by atoms with Crippen LogP contribution in [0.3, 0.4) is 0 Å². The maximum absolute atomic E-state index is 11.9. The molecule has 1 aromatic heterocycles. The summed E-state index contributed by atoms with van der Waals surface area (Å²) < 4.78 is 10.6. The third-order valence-electron chi connectivity index (χ3n) is 3.13. The minimum atomic E-state index is -0.232. The molecule has 0 fully saturated rings. The zero-order valence-electron chi connectivity index (χ0n) is 12.3. The fraction of sp³-hybridized carbons (Fsp3) is 0.312. The van der Waals surface area contributed by atoms with Gasteiger partial charge >= 0.3 is 0 Å². The number of carbonyl (C=O) groups is 1. The van der Waals surface area contributed by atoms with Gasteiger partial charge in [0.2, 0.25) is 0 Å². The summed E-state index contributed by atoms with van der Waals surface area (Å²) in [7, 11) is 1.63. The fourth-order valence-electron chi connectivity index (χ4n) is 1.96. The van der Waals surface area contributed by atoms with E-state index in [-0.39, 0.29) is 17.7 Å². The van der Waals surface area contributed by atoms with Crippen LogP contribution in [0, 0.1) is 0 Å². The number of furan rings is 1. The van der Waals surface area contributed by atoms with E-state index in [1.807, 2.05) is 31.2 Å². The van der Waals surface area contributed by atoms with Crippen molar-refractivity contribution >= 4 is 5.91 Å². The van der Waals surface area contributed by atoms with E-state index in [2.05, 4.69) is 5.32 Å². The normalized spacial score (nSPS) is 12.0. The summed E-state index contributed by atoms with van der Waals surface area (Å²) in [5.41, 5.74) is 6.80. The van der Waals surface area contributed by atoms with Crippen molar-refractivity contribution in [1.29, 1.82) is 0 Å². The van der Waals surface area contributed by atoms with Crippen LogP contribution >= 0.6 is 0 Å². The molecule has 5 nitrogen and oxygen atoms in total. The maximum Gasteiger partial charge on any atom is 0.287 e. The molecule has 1 heterocycles. The second-order valence-electron chi connectivity index (χ2n) is 4.85. The summed E-state index contributed by atoms with van der Waals surface area (Å²) in [6, 6.07) is 10.9. The number of benzene rings is 1. The van der Waals surface area contributed by atoms with E-state index in [0.717, 1.165) is 17.7 Å². The fourth-order valence-corrected chi connectivity index (χ4v) is 1.96. The largest absolute Gasteiger partial charge is 0.497 e. The van der Waals surface area contributed by atoms with Crippen LogP contribution < -0.4 is 15.8 Å². The monoisotopic (exact) mass is 288 g/mol. The van der Waals surface area contributed by atoms with Gasteiger partial charge in [-0.15, -0.1) is 0 Å². The molecule has 21 heavy (non-hydrogen) atoms. The smallest absolute Gasteiger partial charge is 0.287 e. The zero-order valence-corrected chi connectivity index (χ0v) is 12.3. The van der Waals surface area contributed by atoms with Gasteiger partial charge in [-0.25, -0.2) is 0 Å². The third kappa shape index (κ3) is 4.10. The lowest BCUT2D eigenvalue weighted by atomic mass is 10.1. The summed E-state index contributed by atoms with van der Waals surface area (Å²) in [5.74, 6) is 1.47. The van der Waals surface area contributed by atoms with Crippen molar-refractivity contribution in [3.8, 4) is 5.75 Å². The maximum atomic E-state index is 11.9. The Morgan fingerprint density at radius 2 is 2.19 bits per heavy atom. The van der Waals surface area contributed by atoms with Crippen molar-refractivity contribution in [3.63, 3.8) is 0 Å². The molecular weight excluding hydrogens is 268 g/mol. The predicted octanol–water partition coefficient (Wildman–Crippen LogP) is 2.28. The van der Waals surface area contributed by atoms with E-state index in [4.69, 9.17) is 14.9 Å². The van der Waals surface area contributed by atoms with Gasteiger partial charge in [0.1, 0.15) is 11.5 Å². The van der Waals surface area contributed by atoms with Crippen LogP contribution in [0.5, 0.6) is 5.75 Å². The molecular formula is C16H20N2O3. The van der Waals surface area contributed by atoms with E-state index in [0.29, 0.717) is 12.3 Å². The molecule has 3 N–H and O–H groups in total. The number of methoxy groups -OCH3 is 1. The van der Waals surface area contributed by atoms with E-state index >= 15 is 0 Å². The Kier molecular flexibility index (Phi) is 5.00. The Balaban J connectivity index is 1.86. The van der Waals surface area contributed by atoms with Gasteiger partial charge in [0, 0.05) is 6.54 Å². The minimum absolute atomic E-state index is 0.219. The van der Waals surface area contributed by atoms with E-state index < -0.39 is 0 Å². The second kappa shape index (κ2) is 6.95. The third-order valence-corrected chi connectivity index (χ3v) is 3.13. The average Bonchev–Trinajstić information content (AvgIpc) is 2.97. The summed E-state index contributed by atoms with van der Waals surface area (Å²) in [4.78, 5) is 11.9. The van der Waals surface area contributed by atoms with Gasteiger partial charge in [0.25, 0.3) is 5.91 Å². The first-order valence-electron chi connectivity index (χ1n) is 6.86. The molecule has 0 saturated carbocycles. The molecule has 0 aliphatic carbocycles. The molecule has 0 bridgehead atoms. The molecule has 1 unspecified atom stereocenters. The molecule has 1 aromatic carbocycles. The molecule has 1 atom stereocenters. The molecule has 2 aromatic rings. The molecule has 0 aliphatic rings. The summed E-state index contributed by atoms with van der Waals surface area (Å²) in [6.45, 7) is 2.34. The Hall–Kier alpha value is -2.27. The Morgan fingerprint density at radius 3 is 2.86 bits per heavy atom. The van der Waals surface area contributed by atoms with Crippen molar-refractivity contribution in [2.45, 2.75) is 19.4 Å².